The SMILES string of the molecule is CC(=O)NC1C(OCCCCCCCl)OC(COC(C)=O)C(OC(C)=O)C1OC(C)=O. The van der Waals surface area contributed by atoms with Gasteiger partial charge in [-0.05, 0) is 12.8 Å². The predicted molar refractivity (Wildman–Crippen MR) is 109 cm³/mol. The molecule has 0 aromatic rings. The number of carbonyl (C=O) groups is 4. The van der Waals surface area contributed by atoms with Gasteiger partial charge < -0.3 is 29.0 Å². The van der Waals surface area contributed by atoms with E-state index in [2.05, 4.69) is 5.32 Å². The minimum atomic E-state index is -1.12. The maximum absolute atomic E-state index is 11.8. The van der Waals surface area contributed by atoms with Crippen LogP contribution in [0.5, 0.6) is 0 Å². The molecule has 1 aliphatic heterocycles. The Kier molecular flexibility index (Phi) is 12.4. The second-order valence-electron chi connectivity index (χ2n) is 7.19. The topological polar surface area (TPSA) is 126 Å². The van der Waals surface area contributed by atoms with E-state index in [-0.39, 0.29) is 6.61 Å². The molecule has 1 N–H and O–H groups in total. The summed E-state index contributed by atoms with van der Waals surface area (Å²) in [4.78, 5) is 46.5. The Hall–Kier alpha value is -1.91. The summed E-state index contributed by atoms with van der Waals surface area (Å²) >= 11 is 5.67. The number of amides is 1. The molecule has 5 atom stereocenters. The zero-order chi connectivity index (χ0) is 23.4. The van der Waals surface area contributed by atoms with Crippen molar-refractivity contribution in [2.75, 3.05) is 19.1 Å². The fourth-order valence-electron chi connectivity index (χ4n) is 3.18. The Bertz CT molecular complexity index is 615. The van der Waals surface area contributed by atoms with Crippen LogP contribution in [0.3, 0.4) is 0 Å². The highest BCUT2D eigenvalue weighted by Gasteiger charge is 2.51. The molecule has 0 radical (unpaired) electrons. The Labute approximate surface area is 187 Å². The van der Waals surface area contributed by atoms with Crippen LogP contribution in [0.4, 0.5) is 0 Å². The zero-order valence-corrected chi connectivity index (χ0v) is 19.1. The summed E-state index contributed by atoms with van der Waals surface area (Å²) in [5.74, 6) is -1.68. The van der Waals surface area contributed by atoms with E-state index < -0.39 is 54.5 Å². The number of halogens is 1. The van der Waals surface area contributed by atoms with Gasteiger partial charge >= 0.3 is 17.9 Å². The van der Waals surface area contributed by atoms with Crippen molar-refractivity contribution < 1.29 is 42.9 Å². The quantitative estimate of drug-likeness (QED) is 0.197. The second kappa shape index (κ2) is 14.2. The molecule has 1 aliphatic rings. The van der Waals surface area contributed by atoms with Gasteiger partial charge in [0.05, 0.1) is 0 Å². The van der Waals surface area contributed by atoms with E-state index in [1.165, 1.54) is 27.7 Å². The number of rotatable bonds is 12. The molecule has 31 heavy (non-hydrogen) atoms. The molecule has 1 heterocycles. The molecule has 1 amide bonds. The van der Waals surface area contributed by atoms with Gasteiger partial charge in [-0.25, -0.2) is 0 Å². The van der Waals surface area contributed by atoms with Crippen LogP contribution in [0.25, 0.3) is 0 Å². The predicted octanol–water partition coefficient (Wildman–Crippen LogP) is 1.46. The summed E-state index contributed by atoms with van der Waals surface area (Å²) in [6.07, 6.45) is -0.750. The average Bonchev–Trinajstić information content (AvgIpc) is 2.66. The molecule has 10 nitrogen and oxygen atoms in total. The molecule has 1 fully saturated rings. The first-order valence-electron chi connectivity index (χ1n) is 10.2. The number of ether oxygens (including phenoxy) is 5. The Morgan fingerprint density at radius 2 is 1.48 bits per heavy atom. The largest absolute Gasteiger partial charge is 0.463 e. The van der Waals surface area contributed by atoms with E-state index in [1.54, 1.807) is 0 Å². The zero-order valence-electron chi connectivity index (χ0n) is 18.4. The highest BCUT2D eigenvalue weighted by atomic mass is 35.5. The molecule has 0 aliphatic carbocycles. The third-order valence-electron chi connectivity index (χ3n) is 4.38. The average molecular weight is 466 g/mol. The van der Waals surface area contributed by atoms with Crippen LogP contribution in [0, 0.1) is 0 Å². The van der Waals surface area contributed by atoms with E-state index >= 15 is 0 Å². The van der Waals surface area contributed by atoms with Crippen molar-refractivity contribution in [1.29, 1.82) is 0 Å². The van der Waals surface area contributed by atoms with Gasteiger partial charge in [-0.3, -0.25) is 19.2 Å². The Balaban J connectivity index is 3.07. The minimum Gasteiger partial charge on any atom is -0.463 e. The van der Waals surface area contributed by atoms with Crippen LogP contribution in [-0.2, 0) is 42.9 Å². The van der Waals surface area contributed by atoms with Crippen LogP contribution in [0.2, 0.25) is 0 Å². The van der Waals surface area contributed by atoms with E-state index in [0.29, 0.717) is 12.5 Å². The molecule has 1 saturated heterocycles. The molecule has 178 valence electrons. The van der Waals surface area contributed by atoms with Gasteiger partial charge in [0.1, 0.15) is 18.8 Å². The molecule has 0 aromatic carbocycles. The van der Waals surface area contributed by atoms with Crippen molar-refractivity contribution in [3.05, 3.63) is 0 Å². The van der Waals surface area contributed by atoms with Crippen molar-refractivity contribution in [2.24, 2.45) is 0 Å². The second-order valence-corrected chi connectivity index (χ2v) is 7.57. The number of hydrogen-bond acceptors (Lipinski definition) is 9. The summed E-state index contributed by atoms with van der Waals surface area (Å²) in [7, 11) is 0. The number of nitrogens with one attached hydrogen (secondary N) is 1. The highest BCUT2D eigenvalue weighted by Crippen LogP contribution is 2.28. The third kappa shape index (κ3) is 10.3. The first-order chi connectivity index (χ1) is 14.6. The number of esters is 3. The first kappa shape index (κ1) is 27.1. The molecule has 0 spiro atoms. The van der Waals surface area contributed by atoms with Gasteiger partial charge in [-0.1, -0.05) is 12.8 Å². The molecule has 0 saturated carbocycles. The molecule has 0 bridgehead atoms. The Morgan fingerprint density at radius 3 is 2.03 bits per heavy atom. The molecular weight excluding hydrogens is 434 g/mol. The van der Waals surface area contributed by atoms with Crippen LogP contribution in [-0.4, -0.2) is 73.6 Å². The number of alkyl halides is 1. The summed E-state index contributed by atoms with van der Waals surface area (Å²) in [5.41, 5.74) is 0. The standard InChI is InChI=1S/C20H32ClNO9/c1-12(23)22-17-19(30-15(4)26)18(29-14(3)25)16(11-28-13(2)24)31-20(17)27-10-8-6-5-7-9-21/h16-20H,5-11H2,1-4H3,(H,22,23). The summed E-state index contributed by atoms with van der Waals surface area (Å²) in [6.45, 7) is 4.95. The fraction of sp³-hybridized carbons (Fsp3) is 0.800. The van der Waals surface area contributed by atoms with E-state index in [0.717, 1.165) is 25.7 Å². The molecule has 0 aromatic heterocycles. The highest BCUT2D eigenvalue weighted by molar-refractivity contribution is 6.17. The van der Waals surface area contributed by atoms with Crippen molar-refractivity contribution in [3.8, 4) is 0 Å². The lowest BCUT2D eigenvalue weighted by Gasteiger charge is -2.44. The monoisotopic (exact) mass is 465 g/mol. The fourth-order valence-corrected chi connectivity index (χ4v) is 3.37. The van der Waals surface area contributed by atoms with Crippen molar-refractivity contribution in [1.82, 2.24) is 5.32 Å². The van der Waals surface area contributed by atoms with Gasteiger partial charge in [0.2, 0.25) is 5.91 Å². The lowest BCUT2D eigenvalue weighted by Crippen LogP contribution is -2.66. The van der Waals surface area contributed by atoms with Crippen molar-refractivity contribution >= 4 is 35.4 Å². The third-order valence-corrected chi connectivity index (χ3v) is 4.65. The normalized spacial score (nSPS) is 25.4. The number of unbranched alkanes of at least 4 members (excludes halogenated alkanes) is 3. The van der Waals surface area contributed by atoms with Crippen molar-refractivity contribution in [2.45, 2.75) is 84.0 Å². The number of hydrogen-bond donors (Lipinski definition) is 1. The van der Waals surface area contributed by atoms with Crippen LogP contribution < -0.4 is 5.32 Å². The van der Waals surface area contributed by atoms with Gasteiger partial charge in [0.25, 0.3) is 0 Å². The first-order valence-corrected chi connectivity index (χ1v) is 10.8. The summed E-state index contributed by atoms with van der Waals surface area (Å²) < 4.78 is 27.5. The maximum Gasteiger partial charge on any atom is 0.303 e. The summed E-state index contributed by atoms with van der Waals surface area (Å²) in [6, 6.07) is -0.942. The molecule has 11 heteroatoms. The Morgan fingerprint density at radius 1 is 0.871 bits per heavy atom. The van der Waals surface area contributed by atoms with E-state index in [4.69, 9.17) is 35.3 Å². The maximum atomic E-state index is 11.8. The van der Waals surface area contributed by atoms with Gasteiger partial charge in [0.15, 0.2) is 18.5 Å². The lowest BCUT2D eigenvalue weighted by atomic mass is 9.96. The van der Waals surface area contributed by atoms with Gasteiger partial charge in [-0.2, -0.15) is 0 Å². The number of carbonyl (C=O) groups excluding carboxylic acids is 4. The van der Waals surface area contributed by atoms with E-state index in [9.17, 15) is 19.2 Å². The van der Waals surface area contributed by atoms with Gasteiger partial charge in [0, 0.05) is 40.2 Å². The van der Waals surface area contributed by atoms with Crippen molar-refractivity contribution in [3.63, 3.8) is 0 Å². The molecular formula is C20H32ClNO9. The van der Waals surface area contributed by atoms with Crippen LogP contribution in [0.15, 0.2) is 0 Å². The van der Waals surface area contributed by atoms with E-state index in [1.807, 2.05) is 0 Å². The smallest absolute Gasteiger partial charge is 0.303 e. The molecule has 5 unspecified atom stereocenters. The summed E-state index contributed by atoms with van der Waals surface area (Å²) in [5, 5.41) is 2.65. The van der Waals surface area contributed by atoms with Gasteiger partial charge in [-0.15, -0.1) is 11.6 Å². The molecule has 1 rings (SSSR count). The van der Waals surface area contributed by atoms with Crippen LogP contribution in [0.1, 0.15) is 53.4 Å². The lowest BCUT2D eigenvalue weighted by molar-refractivity contribution is -0.277. The minimum absolute atomic E-state index is 0.257. The van der Waals surface area contributed by atoms with Crippen LogP contribution >= 0.6 is 11.6 Å².